The van der Waals surface area contributed by atoms with E-state index in [0.29, 0.717) is 42.2 Å². The fraction of sp³-hybridized carbons (Fsp3) is 0.471. The van der Waals surface area contributed by atoms with Crippen molar-refractivity contribution in [1.29, 1.82) is 0 Å². The first-order valence-electron chi connectivity index (χ1n) is 25.1. The Bertz CT molecular complexity index is 3090. The highest BCUT2D eigenvalue weighted by molar-refractivity contribution is 7.90. The number of hydrogen-bond acceptors (Lipinski definition) is 18. The average molecular weight is 1150 g/mol. The highest BCUT2D eigenvalue weighted by atomic mass is 35.5. The van der Waals surface area contributed by atoms with Gasteiger partial charge >= 0.3 is 7.60 Å². The van der Waals surface area contributed by atoms with Crippen molar-refractivity contribution in [2.75, 3.05) is 70.7 Å². The molecular weight excluding hydrogens is 1080 g/mol. The molecule has 1 fully saturated rings. The van der Waals surface area contributed by atoms with Gasteiger partial charge in [-0.1, -0.05) is 47.1 Å². The highest BCUT2D eigenvalue weighted by Crippen LogP contribution is 2.47. The molecule has 420 valence electrons. The number of nitrogens with zero attached hydrogens (tertiary/aromatic N) is 6. The van der Waals surface area contributed by atoms with Gasteiger partial charge in [0, 0.05) is 88.2 Å². The zero-order valence-electron chi connectivity index (χ0n) is 44.1. The molecular formula is C51H69ClN9O13PS2. The highest BCUT2D eigenvalue weighted by Gasteiger charge is 2.28. The number of pyridine rings is 1. The number of hydrogen-bond donors (Lipinski definition) is 4. The number of carbonyl (C=O) groups excluding carboxylic acids is 2. The first kappa shape index (κ1) is 60.7. The van der Waals surface area contributed by atoms with Crippen LogP contribution in [0.15, 0.2) is 78.1 Å². The molecule has 1 aliphatic heterocycles. The van der Waals surface area contributed by atoms with Crippen LogP contribution in [0.1, 0.15) is 60.7 Å². The molecule has 0 bridgehead atoms. The van der Waals surface area contributed by atoms with Crippen molar-refractivity contribution >= 4 is 51.0 Å². The molecule has 6 rings (SSSR count). The van der Waals surface area contributed by atoms with Crippen LogP contribution in [0.25, 0.3) is 11.1 Å². The summed E-state index contributed by atoms with van der Waals surface area (Å²) in [6, 6.07) is 14.2. The van der Waals surface area contributed by atoms with E-state index in [2.05, 4.69) is 30.8 Å². The molecule has 0 aliphatic carbocycles. The minimum atomic E-state index is -4.70. The standard InChI is InChI=1S/C51H69ClN9O13PS2/c1-7-73-75(64,74-8-2)23-16-55-50(62)46(34-77(67,68)69)56-28-40-25-45(52)49(26-48(40)70-31-38-24-42(29-54-27-38)76(6,65)66)71-32-39-12-9-13-43(35(39)3)44-14-10-15-47(36(44)4)72-33-41-30-61(58-57-41)18-11-17-59-19-21-60(22-20-59)51(63)37(5)53/h9-10,12-15,24-27,29-30,37,46,56H,7-8,11,16-23,28,31-34,53H2,1-6H3,(H,55,62)(H,67,68,69)/t37-,46?/m0/s1. The molecule has 2 atom stereocenters. The van der Waals surface area contributed by atoms with Crippen molar-refractivity contribution in [1.82, 2.24) is 40.4 Å². The number of rotatable bonds is 29. The third-order valence-electron chi connectivity index (χ3n) is 12.6. The maximum Gasteiger partial charge on any atom is 0.332 e. The molecule has 22 nitrogen and oxygen atoms in total. The quantitative estimate of drug-likeness (QED) is 0.0346. The number of aromatic nitrogens is 4. The van der Waals surface area contributed by atoms with Crippen LogP contribution < -0.4 is 30.6 Å². The number of carbonyl (C=O) groups is 2. The Morgan fingerprint density at radius 1 is 0.857 bits per heavy atom. The first-order chi connectivity index (χ1) is 36.6. The number of ether oxygens (including phenoxy) is 3. The smallest absolute Gasteiger partial charge is 0.332 e. The van der Waals surface area contributed by atoms with Crippen molar-refractivity contribution in [3.05, 3.63) is 112 Å². The largest absolute Gasteiger partial charge is 0.488 e. The van der Waals surface area contributed by atoms with Crippen LogP contribution in [0, 0.1) is 13.8 Å². The summed E-state index contributed by atoms with van der Waals surface area (Å²) in [7, 11) is -11.8. The van der Waals surface area contributed by atoms with E-state index < -0.39 is 51.3 Å². The molecule has 0 saturated carbocycles. The van der Waals surface area contributed by atoms with E-state index >= 15 is 0 Å². The number of aryl methyl sites for hydroxylation is 1. The molecule has 0 radical (unpaired) electrons. The predicted octanol–water partition coefficient (Wildman–Crippen LogP) is 5.36. The maximum atomic E-state index is 13.4. The molecule has 1 saturated heterocycles. The SMILES string of the molecule is CCOP(=O)(CCNC(=O)C(CS(=O)(=O)O)NCc1cc(Cl)c(OCc2cccc(-c3cccc(OCc4cn(CCCN5CCN(C(=O)[C@H](C)N)CC5)nn4)c3C)c2C)cc1OCc1cncc(S(C)(=O)=O)c1)OCC. The summed E-state index contributed by atoms with van der Waals surface area (Å²) >= 11 is 6.87. The van der Waals surface area contributed by atoms with E-state index in [4.69, 9.17) is 40.6 Å². The molecule has 26 heteroatoms. The summed E-state index contributed by atoms with van der Waals surface area (Å²) in [6.45, 7) is 13.4. The molecule has 1 unspecified atom stereocenters. The normalized spacial score (nSPS) is 14.3. The number of sulfone groups is 1. The molecule has 77 heavy (non-hydrogen) atoms. The van der Waals surface area contributed by atoms with Crippen LogP contribution in [-0.4, -0.2) is 146 Å². The van der Waals surface area contributed by atoms with Gasteiger partial charge in [0.1, 0.15) is 48.8 Å². The van der Waals surface area contributed by atoms with Crippen LogP contribution in [0.2, 0.25) is 5.02 Å². The van der Waals surface area contributed by atoms with Gasteiger partial charge in [-0.2, -0.15) is 8.42 Å². The minimum absolute atomic E-state index is 0.0123. The van der Waals surface area contributed by atoms with E-state index in [9.17, 15) is 35.5 Å². The summed E-state index contributed by atoms with van der Waals surface area (Å²) < 4.78 is 103. The molecule has 2 amide bonds. The average Bonchev–Trinajstić information content (AvgIpc) is 3.84. The van der Waals surface area contributed by atoms with E-state index in [1.807, 2.05) is 66.0 Å². The number of piperazine rings is 1. The molecule has 0 spiro atoms. The van der Waals surface area contributed by atoms with Crippen LogP contribution >= 0.6 is 19.2 Å². The van der Waals surface area contributed by atoms with Gasteiger partial charge in [0.05, 0.1) is 47.3 Å². The van der Waals surface area contributed by atoms with E-state index in [0.717, 1.165) is 60.1 Å². The molecule has 5 N–H and O–H groups in total. The molecule has 5 aromatic rings. The number of nitrogens with one attached hydrogen (secondary N) is 2. The van der Waals surface area contributed by atoms with Gasteiger partial charge in [0.25, 0.3) is 10.1 Å². The second-order valence-electron chi connectivity index (χ2n) is 18.5. The van der Waals surface area contributed by atoms with Gasteiger partial charge in [-0.25, -0.2) is 8.42 Å². The van der Waals surface area contributed by atoms with Crippen LogP contribution in [-0.2, 0) is 76.1 Å². The predicted molar refractivity (Wildman–Crippen MR) is 290 cm³/mol. The fourth-order valence-electron chi connectivity index (χ4n) is 8.49. The van der Waals surface area contributed by atoms with Gasteiger partial charge in [-0.15, -0.1) is 5.10 Å². The number of benzene rings is 3. The zero-order chi connectivity index (χ0) is 55.9. The zero-order valence-corrected chi connectivity index (χ0v) is 47.4. The third kappa shape index (κ3) is 18.0. The molecule has 1 aliphatic rings. The molecule has 3 heterocycles. The van der Waals surface area contributed by atoms with Crippen LogP contribution in [0.3, 0.4) is 0 Å². The van der Waals surface area contributed by atoms with E-state index in [1.165, 1.54) is 30.6 Å². The fourth-order valence-corrected chi connectivity index (χ4v) is 11.5. The lowest BCUT2D eigenvalue weighted by Crippen LogP contribution is -2.52. The lowest BCUT2D eigenvalue weighted by atomic mass is 9.93. The Hall–Kier alpha value is -5.53. The Balaban J connectivity index is 1.13. The Labute approximate surface area is 455 Å². The summed E-state index contributed by atoms with van der Waals surface area (Å²) in [5, 5.41) is 14.2. The summed E-state index contributed by atoms with van der Waals surface area (Å²) in [6.07, 6.45) is 6.30. The Morgan fingerprint density at radius 2 is 1.53 bits per heavy atom. The molecule has 3 aromatic carbocycles. The van der Waals surface area contributed by atoms with Gasteiger partial charge in [-0.05, 0) is 87.1 Å². The lowest BCUT2D eigenvalue weighted by Gasteiger charge is -2.35. The number of halogens is 1. The number of amides is 2. The van der Waals surface area contributed by atoms with E-state index in [-0.39, 0.29) is 79.6 Å². The molecule has 2 aromatic heterocycles. The first-order valence-corrected chi connectivity index (χ1v) is 30.7. The summed E-state index contributed by atoms with van der Waals surface area (Å²) in [4.78, 5) is 33.8. The van der Waals surface area contributed by atoms with Crippen LogP contribution in [0.5, 0.6) is 17.2 Å². The number of nitrogens with two attached hydrogens (primary N) is 1. The van der Waals surface area contributed by atoms with Gasteiger partial charge < -0.3 is 44.5 Å². The van der Waals surface area contributed by atoms with Gasteiger partial charge in [-0.3, -0.25) is 33.3 Å². The van der Waals surface area contributed by atoms with Crippen molar-refractivity contribution in [2.45, 2.75) is 90.9 Å². The van der Waals surface area contributed by atoms with Gasteiger partial charge in [0.2, 0.25) is 11.8 Å². The third-order valence-corrected chi connectivity index (χ3v) is 16.8. The van der Waals surface area contributed by atoms with Crippen molar-refractivity contribution in [3.8, 4) is 28.4 Å². The van der Waals surface area contributed by atoms with Crippen LogP contribution in [0.4, 0.5) is 0 Å². The second-order valence-corrected chi connectivity index (χ2v) is 24.6. The van der Waals surface area contributed by atoms with Crippen molar-refractivity contribution in [2.24, 2.45) is 5.73 Å². The monoisotopic (exact) mass is 1150 g/mol. The maximum absolute atomic E-state index is 13.4. The van der Waals surface area contributed by atoms with Crippen molar-refractivity contribution in [3.63, 3.8) is 0 Å². The Kier molecular flexibility index (Phi) is 22.0. The van der Waals surface area contributed by atoms with Gasteiger partial charge in [0.15, 0.2) is 9.84 Å². The van der Waals surface area contributed by atoms with E-state index in [1.54, 1.807) is 20.8 Å². The topological polar surface area (TPSA) is 286 Å². The summed E-state index contributed by atoms with van der Waals surface area (Å²) in [5.74, 6) is -0.763. The second kappa shape index (κ2) is 27.9. The summed E-state index contributed by atoms with van der Waals surface area (Å²) in [5.41, 5.74) is 11.8. The Morgan fingerprint density at radius 3 is 2.21 bits per heavy atom. The van der Waals surface area contributed by atoms with Crippen molar-refractivity contribution < 1.29 is 58.8 Å². The lowest BCUT2D eigenvalue weighted by molar-refractivity contribution is -0.134. The minimum Gasteiger partial charge on any atom is -0.488 e.